The molecule has 2 aromatic rings. The van der Waals surface area contributed by atoms with Gasteiger partial charge in [0.1, 0.15) is 5.03 Å². The molecule has 0 atom stereocenters. The summed E-state index contributed by atoms with van der Waals surface area (Å²) in [6.45, 7) is 11.6. The Balaban J connectivity index is 2.02. The molecule has 1 heterocycles. The first-order chi connectivity index (χ1) is 9.82. The van der Waals surface area contributed by atoms with E-state index in [0.29, 0.717) is 0 Å². The Labute approximate surface area is 132 Å². The lowest BCUT2D eigenvalue weighted by Gasteiger charge is -2.20. The van der Waals surface area contributed by atoms with Gasteiger partial charge in [-0.1, -0.05) is 23.9 Å². The predicted octanol–water partition coefficient (Wildman–Crippen LogP) is 4.74. The minimum absolute atomic E-state index is 0.149. The smallest absolute Gasteiger partial charge is 0.101 e. The fourth-order valence-electron chi connectivity index (χ4n) is 2.02. The van der Waals surface area contributed by atoms with E-state index < -0.39 is 0 Å². The van der Waals surface area contributed by atoms with Gasteiger partial charge in [0.05, 0.1) is 0 Å². The number of hydrogen-bond acceptors (Lipinski definition) is 3. The van der Waals surface area contributed by atoms with Crippen molar-refractivity contribution >= 4 is 11.8 Å². The van der Waals surface area contributed by atoms with Crippen LogP contribution in [0, 0.1) is 13.8 Å². The van der Waals surface area contributed by atoms with Gasteiger partial charge in [-0.2, -0.15) is 0 Å². The summed E-state index contributed by atoms with van der Waals surface area (Å²) >= 11 is 1.72. The molecule has 0 unspecified atom stereocenters. The molecule has 0 amide bonds. The zero-order chi connectivity index (χ0) is 15.5. The van der Waals surface area contributed by atoms with Crippen LogP contribution >= 0.6 is 11.8 Å². The number of benzene rings is 1. The Kier molecular flexibility index (Phi) is 5.07. The van der Waals surface area contributed by atoms with Gasteiger partial charge in [-0.05, 0) is 70.0 Å². The second-order valence-electron chi connectivity index (χ2n) is 6.47. The predicted molar refractivity (Wildman–Crippen MR) is 90.9 cm³/mol. The van der Waals surface area contributed by atoms with E-state index in [1.165, 1.54) is 16.0 Å². The topological polar surface area (TPSA) is 24.9 Å². The van der Waals surface area contributed by atoms with Crippen molar-refractivity contribution in [2.75, 3.05) is 0 Å². The molecule has 2 rings (SSSR count). The van der Waals surface area contributed by atoms with E-state index in [4.69, 9.17) is 0 Å². The number of rotatable bonds is 4. The Bertz CT molecular complexity index is 577. The lowest BCUT2D eigenvalue weighted by molar-refractivity contribution is 0.424. The molecular weight excluding hydrogens is 276 g/mol. The molecule has 2 nitrogen and oxygen atoms in total. The summed E-state index contributed by atoms with van der Waals surface area (Å²) in [4.78, 5) is 5.80. The number of pyridine rings is 1. The van der Waals surface area contributed by atoms with Crippen LogP contribution in [0.5, 0.6) is 0 Å². The minimum atomic E-state index is 0.149. The van der Waals surface area contributed by atoms with Gasteiger partial charge in [-0.3, -0.25) is 0 Å². The van der Waals surface area contributed by atoms with Crippen LogP contribution in [0.3, 0.4) is 0 Å². The number of hydrogen-bond donors (Lipinski definition) is 1. The second kappa shape index (κ2) is 6.63. The van der Waals surface area contributed by atoms with Gasteiger partial charge in [0.2, 0.25) is 0 Å². The average Bonchev–Trinajstić information content (AvgIpc) is 2.36. The second-order valence-corrected chi connectivity index (χ2v) is 7.57. The van der Waals surface area contributed by atoms with E-state index >= 15 is 0 Å². The summed E-state index contributed by atoms with van der Waals surface area (Å²) in [5.41, 5.74) is 3.79. The summed E-state index contributed by atoms with van der Waals surface area (Å²) in [5, 5.41) is 4.57. The normalized spacial score (nSPS) is 11.7. The Hall–Kier alpha value is -1.32. The van der Waals surface area contributed by atoms with Gasteiger partial charge in [0, 0.05) is 22.7 Å². The van der Waals surface area contributed by atoms with Crippen molar-refractivity contribution in [3.05, 3.63) is 53.2 Å². The molecule has 1 aromatic carbocycles. The third kappa shape index (κ3) is 5.52. The van der Waals surface area contributed by atoms with E-state index in [9.17, 15) is 0 Å². The summed E-state index contributed by atoms with van der Waals surface area (Å²) in [6.07, 6.45) is 0. The summed E-state index contributed by atoms with van der Waals surface area (Å²) in [5.74, 6) is 0. The van der Waals surface area contributed by atoms with Crippen LogP contribution in [0.15, 0.2) is 46.3 Å². The molecule has 0 aliphatic rings. The highest BCUT2D eigenvalue weighted by Crippen LogP contribution is 2.27. The summed E-state index contributed by atoms with van der Waals surface area (Å²) in [6, 6.07) is 12.9. The van der Waals surface area contributed by atoms with Crippen LogP contribution in [0.25, 0.3) is 0 Å². The number of nitrogens with zero attached hydrogens (tertiary/aromatic N) is 1. The van der Waals surface area contributed by atoms with Crippen LogP contribution in [0.4, 0.5) is 0 Å². The third-order valence-corrected chi connectivity index (χ3v) is 3.97. The molecular formula is C18H24N2S. The first-order valence-corrected chi connectivity index (χ1v) is 8.11. The van der Waals surface area contributed by atoms with Crippen molar-refractivity contribution < 1.29 is 0 Å². The number of nitrogens with one attached hydrogen (secondary N) is 1. The Morgan fingerprint density at radius 3 is 2.29 bits per heavy atom. The molecule has 1 aromatic heterocycles. The largest absolute Gasteiger partial charge is 0.308 e. The van der Waals surface area contributed by atoms with Crippen molar-refractivity contribution in [1.29, 1.82) is 0 Å². The van der Waals surface area contributed by atoms with Crippen LogP contribution in [0.1, 0.15) is 37.6 Å². The first-order valence-electron chi connectivity index (χ1n) is 7.29. The fourth-order valence-corrected chi connectivity index (χ4v) is 2.97. The average molecular weight is 300 g/mol. The lowest BCUT2D eigenvalue weighted by Crippen LogP contribution is -2.35. The summed E-state index contributed by atoms with van der Waals surface area (Å²) in [7, 11) is 0. The Morgan fingerprint density at radius 1 is 1.05 bits per heavy atom. The molecule has 0 saturated carbocycles. The first kappa shape index (κ1) is 16.1. The minimum Gasteiger partial charge on any atom is -0.308 e. The van der Waals surface area contributed by atoms with Gasteiger partial charge in [0.25, 0.3) is 0 Å². The molecule has 0 aliphatic carbocycles. The van der Waals surface area contributed by atoms with Crippen molar-refractivity contribution in [1.82, 2.24) is 10.3 Å². The zero-order valence-electron chi connectivity index (χ0n) is 13.5. The van der Waals surface area contributed by atoms with Crippen molar-refractivity contribution in [3.63, 3.8) is 0 Å². The quantitative estimate of drug-likeness (QED) is 0.883. The van der Waals surface area contributed by atoms with E-state index in [-0.39, 0.29) is 5.54 Å². The van der Waals surface area contributed by atoms with Crippen LogP contribution < -0.4 is 5.32 Å². The maximum absolute atomic E-state index is 4.57. The molecule has 0 fully saturated rings. The maximum atomic E-state index is 4.57. The molecule has 21 heavy (non-hydrogen) atoms. The highest BCUT2D eigenvalue weighted by molar-refractivity contribution is 7.99. The highest BCUT2D eigenvalue weighted by Gasteiger charge is 2.08. The number of aryl methyl sites for hydroxylation is 2. The van der Waals surface area contributed by atoms with Crippen molar-refractivity contribution in [2.24, 2.45) is 0 Å². The molecule has 1 N–H and O–H groups in total. The van der Waals surface area contributed by atoms with Crippen molar-refractivity contribution in [3.8, 4) is 0 Å². The molecule has 0 bridgehead atoms. The fraction of sp³-hybridized carbons (Fsp3) is 0.389. The van der Waals surface area contributed by atoms with Gasteiger partial charge < -0.3 is 5.32 Å². The van der Waals surface area contributed by atoms with Crippen LogP contribution in [-0.2, 0) is 6.54 Å². The van der Waals surface area contributed by atoms with Crippen LogP contribution in [0.2, 0.25) is 0 Å². The van der Waals surface area contributed by atoms with Gasteiger partial charge in [0.15, 0.2) is 0 Å². The Morgan fingerprint density at radius 2 is 1.71 bits per heavy atom. The summed E-state index contributed by atoms with van der Waals surface area (Å²) < 4.78 is 0. The van der Waals surface area contributed by atoms with Gasteiger partial charge in [-0.25, -0.2) is 4.98 Å². The maximum Gasteiger partial charge on any atom is 0.101 e. The van der Waals surface area contributed by atoms with E-state index in [2.05, 4.69) is 74.4 Å². The van der Waals surface area contributed by atoms with E-state index in [1.54, 1.807) is 11.8 Å². The highest BCUT2D eigenvalue weighted by atomic mass is 32.2. The number of aromatic nitrogens is 1. The molecule has 3 heteroatoms. The van der Waals surface area contributed by atoms with Crippen LogP contribution in [-0.4, -0.2) is 10.5 Å². The molecule has 0 saturated heterocycles. The van der Waals surface area contributed by atoms with Crippen molar-refractivity contribution in [2.45, 2.75) is 56.6 Å². The third-order valence-electron chi connectivity index (χ3n) is 3.04. The van der Waals surface area contributed by atoms with Gasteiger partial charge in [-0.15, -0.1) is 0 Å². The molecule has 0 aliphatic heterocycles. The SMILES string of the molecule is Cc1cc(C)nc(Sc2ccc(CNC(C)(C)C)cc2)c1. The monoisotopic (exact) mass is 300 g/mol. The van der Waals surface area contributed by atoms with E-state index in [0.717, 1.165) is 17.3 Å². The standard InChI is InChI=1S/C18H24N2S/c1-13-10-14(2)20-17(11-13)21-16-8-6-15(7-9-16)12-19-18(3,4)5/h6-11,19H,12H2,1-5H3. The van der Waals surface area contributed by atoms with Gasteiger partial charge >= 0.3 is 0 Å². The molecule has 0 radical (unpaired) electrons. The molecule has 112 valence electrons. The molecule has 0 spiro atoms. The zero-order valence-corrected chi connectivity index (χ0v) is 14.3. The van der Waals surface area contributed by atoms with E-state index in [1.807, 2.05) is 6.92 Å². The lowest BCUT2D eigenvalue weighted by atomic mass is 10.1.